The summed E-state index contributed by atoms with van der Waals surface area (Å²) in [6, 6.07) is -0.749. The van der Waals surface area contributed by atoms with Crippen molar-refractivity contribution in [3.8, 4) is 0 Å². The Hall–Kier alpha value is -1.71. The van der Waals surface area contributed by atoms with Crippen LogP contribution in [0.25, 0.3) is 0 Å². The zero-order chi connectivity index (χ0) is 24.0. The van der Waals surface area contributed by atoms with Crippen molar-refractivity contribution in [1.29, 1.82) is 0 Å². The van der Waals surface area contributed by atoms with Gasteiger partial charge in [0.1, 0.15) is 6.04 Å². The first kappa shape index (κ1) is 32.5. The second-order valence-electron chi connectivity index (χ2n) is 7.86. The van der Waals surface area contributed by atoms with E-state index in [0.29, 0.717) is 25.8 Å². The molecule has 0 aromatic rings. The largest absolute Gasteiger partial charge is 0.779 e. The number of imide groups is 1. The number of primary amides is 1. The topological polar surface area (TPSA) is 139 Å². The Kier molecular flexibility index (Phi) is 18.1. The maximum absolute atomic E-state index is 12.1. The molecule has 0 saturated carbocycles. The minimum atomic E-state index is -0.749. The van der Waals surface area contributed by atoms with Gasteiger partial charge in [0, 0.05) is 33.7 Å². The van der Waals surface area contributed by atoms with E-state index in [-0.39, 0.29) is 57.3 Å². The van der Waals surface area contributed by atoms with E-state index in [9.17, 15) is 24.0 Å². The quantitative estimate of drug-likeness (QED) is 0.156. The summed E-state index contributed by atoms with van der Waals surface area (Å²) < 4.78 is 0. The van der Waals surface area contributed by atoms with E-state index in [1.165, 1.54) is 17.7 Å². The van der Waals surface area contributed by atoms with Crippen molar-refractivity contribution >= 4 is 42.2 Å². The van der Waals surface area contributed by atoms with Gasteiger partial charge >= 0.3 is 0 Å². The number of rotatable bonds is 12. The van der Waals surface area contributed by atoms with E-state index in [2.05, 4.69) is 24.5 Å². The Bertz CT molecular complexity index is 631. The molecule has 0 aromatic carbocycles. The van der Waals surface area contributed by atoms with Crippen LogP contribution in [0.5, 0.6) is 0 Å². The second kappa shape index (κ2) is 17.8. The molecule has 0 aromatic heterocycles. The zero-order valence-electron chi connectivity index (χ0n) is 19.4. The van der Waals surface area contributed by atoms with Crippen molar-refractivity contribution in [1.82, 2.24) is 15.5 Å². The maximum atomic E-state index is 12.1. The number of carbonyl (C=O) groups is 5. The number of nitrogens with one attached hydrogen (secondary N) is 2. The van der Waals surface area contributed by atoms with Gasteiger partial charge in [-0.3, -0.25) is 28.9 Å². The Labute approximate surface area is 204 Å². The third kappa shape index (κ3) is 13.0. The van der Waals surface area contributed by atoms with Crippen LogP contribution in [0.1, 0.15) is 72.6 Å². The van der Waals surface area contributed by atoms with Gasteiger partial charge in [-0.25, -0.2) is 0 Å². The number of hydrogen-bond donors (Lipinski definition) is 3. The summed E-state index contributed by atoms with van der Waals surface area (Å²) in [6.45, 7) is 7.96. The third-order valence-electron chi connectivity index (χ3n) is 4.69. The van der Waals surface area contributed by atoms with Crippen LogP contribution in [0.15, 0.2) is 0 Å². The van der Waals surface area contributed by atoms with Crippen LogP contribution in [0, 0.1) is 20.2 Å². The number of nitrogens with zero attached hydrogens (tertiary/aromatic N) is 1. The summed E-state index contributed by atoms with van der Waals surface area (Å²) in [5, 5.41) is 4.38. The van der Waals surface area contributed by atoms with Crippen molar-refractivity contribution < 1.29 is 38.3 Å². The molecule has 1 fully saturated rings. The molecule has 1 radical (unpaired) electrons. The van der Waals surface area contributed by atoms with E-state index in [4.69, 9.17) is 18.4 Å². The summed E-state index contributed by atoms with van der Waals surface area (Å²) in [4.78, 5) is 59.3. The van der Waals surface area contributed by atoms with Crippen molar-refractivity contribution in [2.45, 2.75) is 83.9 Å². The number of likely N-dealkylation sites (tertiary alicyclic amines) is 1. The normalized spacial score (nSPS) is 16.1. The Morgan fingerprint density at radius 1 is 1.12 bits per heavy atom. The predicted octanol–water partition coefficient (Wildman–Crippen LogP) is 0.770. The van der Waals surface area contributed by atoms with Crippen LogP contribution in [0.4, 0.5) is 0 Å². The van der Waals surface area contributed by atoms with E-state index in [0.717, 1.165) is 0 Å². The monoisotopic (exact) mass is 698 g/mol. The Morgan fingerprint density at radius 2 is 1.72 bits per heavy atom. The Morgan fingerprint density at radius 3 is 2.16 bits per heavy atom. The SMILES string of the molecule is CC(C)C(NC(=O)CCCCCN1C(=O)CC([S-])C1=O)C(=O)NCC(N)=O.CCCC.[Am]. The summed E-state index contributed by atoms with van der Waals surface area (Å²) in [7, 11) is 0. The maximum Gasteiger partial charge on any atom is 0.243 e. The van der Waals surface area contributed by atoms with Crippen molar-refractivity contribution in [2.75, 3.05) is 13.1 Å². The molecule has 9 nitrogen and oxygen atoms in total. The first-order valence-electron chi connectivity index (χ1n) is 10.9. The smallest absolute Gasteiger partial charge is 0.243 e. The van der Waals surface area contributed by atoms with E-state index >= 15 is 0 Å². The summed E-state index contributed by atoms with van der Waals surface area (Å²) in [5.74, 6) is -2.09. The van der Waals surface area contributed by atoms with Crippen LogP contribution in [-0.2, 0) is 36.6 Å². The fourth-order valence-corrected chi connectivity index (χ4v) is 2.95. The number of amides is 5. The van der Waals surface area contributed by atoms with Gasteiger partial charge in [-0.2, -0.15) is 0 Å². The van der Waals surface area contributed by atoms with Gasteiger partial charge in [0.2, 0.25) is 29.5 Å². The van der Waals surface area contributed by atoms with Crippen LogP contribution in [-0.4, -0.2) is 58.8 Å². The molecule has 1 rings (SSSR count). The molecular weight excluding hydrogens is 663 g/mol. The predicted molar refractivity (Wildman–Crippen MR) is 121 cm³/mol. The molecular formula is C21H37AmN4O5S-. The summed E-state index contributed by atoms with van der Waals surface area (Å²) in [5.41, 5.74) is 4.99. The molecule has 1 aliphatic heterocycles. The molecule has 0 aliphatic carbocycles. The molecule has 0 spiro atoms. The van der Waals surface area contributed by atoms with E-state index < -0.39 is 23.1 Å². The van der Waals surface area contributed by atoms with Gasteiger partial charge in [0.15, 0.2) is 0 Å². The van der Waals surface area contributed by atoms with Crippen LogP contribution < -0.4 is 16.4 Å². The summed E-state index contributed by atoms with van der Waals surface area (Å²) in [6.07, 6.45) is 4.77. The molecule has 1 heterocycles. The molecule has 185 valence electrons. The molecule has 1 aliphatic rings. The standard InChI is InChI=1S/C17H28N4O5S.C4H10.Am/c1-10(2)15(16(25)19-9-12(18)22)20-13(23)6-4-3-5-7-21-14(24)8-11(27)17(21)26;1-3-4-2;/h10-11,15,27H,3-9H2,1-2H3,(H2,18,22)(H,19,25)(H,20,23);3-4H2,1-2H3;/p-1. The molecule has 0 bridgehead atoms. The van der Waals surface area contributed by atoms with Crippen molar-refractivity contribution in [2.24, 2.45) is 11.7 Å². The van der Waals surface area contributed by atoms with Crippen LogP contribution >= 0.6 is 0 Å². The fraction of sp³-hybridized carbons (Fsp3) is 0.762. The molecule has 2 atom stereocenters. The first-order valence-corrected chi connectivity index (χ1v) is 11.4. The van der Waals surface area contributed by atoms with Gasteiger partial charge in [-0.1, -0.05) is 52.2 Å². The molecule has 32 heavy (non-hydrogen) atoms. The molecule has 11 heteroatoms. The molecule has 4 N–H and O–H groups in total. The van der Waals surface area contributed by atoms with Gasteiger partial charge < -0.3 is 29.0 Å². The third-order valence-corrected chi connectivity index (χ3v) is 5.06. The van der Waals surface area contributed by atoms with Crippen molar-refractivity contribution in [3.05, 3.63) is 0 Å². The van der Waals surface area contributed by atoms with Gasteiger partial charge in [0.25, 0.3) is 0 Å². The van der Waals surface area contributed by atoms with Crippen LogP contribution in [0.3, 0.4) is 0 Å². The summed E-state index contributed by atoms with van der Waals surface area (Å²) >= 11 is 4.91. The molecule has 2 unspecified atom stereocenters. The minimum absolute atomic E-state index is 0. The average molecular weight is 701 g/mol. The van der Waals surface area contributed by atoms with Crippen molar-refractivity contribution in [3.63, 3.8) is 0 Å². The van der Waals surface area contributed by atoms with E-state index in [1.54, 1.807) is 13.8 Å². The first-order chi connectivity index (χ1) is 14.5. The number of nitrogens with two attached hydrogens (primary N) is 1. The number of hydrogen-bond acceptors (Lipinski definition) is 6. The van der Waals surface area contributed by atoms with E-state index in [1.807, 2.05) is 0 Å². The van der Waals surface area contributed by atoms with Gasteiger partial charge in [-0.05, 0) is 18.8 Å². The van der Waals surface area contributed by atoms with Gasteiger partial charge in [-0.15, -0.1) is 0 Å². The zero-order valence-corrected chi connectivity index (χ0v) is 23.4. The Balaban J connectivity index is 0. The number of unbranched alkanes of at least 4 members (excludes halogenated alkanes) is 3. The minimum Gasteiger partial charge on any atom is -0.779 e. The average Bonchev–Trinajstić information content (AvgIpc) is 2.95. The fourth-order valence-electron chi connectivity index (χ4n) is 2.68. The second-order valence-corrected chi connectivity index (χ2v) is 8.43. The number of carbonyl (C=O) groups excluding carboxylic acids is 5. The van der Waals surface area contributed by atoms with Crippen LogP contribution in [0.2, 0.25) is 0 Å². The molecule has 1 saturated heterocycles. The molecule has 5 amide bonds. The van der Waals surface area contributed by atoms with Gasteiger partial charge in [0.05, 0.1) is 6.54 Å².